The lowest BCUT2D eigenvalue weighted by Crippen LogP contribution is -2.47. The zero-order valence-corrected chi connectivity index (χ0v) is 13.2. The molecular weight excluding hydrogens is 303 g/mol. The first kappa shape index (κ1) is 16.7. The van der Waals surface area contributed by atoms with Crippen molar-refractivity contribution in [3.8, 4) is 0 Å². The predicted octanol–water partition coefficient (Wildman–Crippen LogP) is 3.33. The Labute approximate surface area is 127 Å². The number of aldehydes is 1. The summed E-state index contributed by atoms with van der Waals surface area (Å²) >= 11 is 11.6. The van der Waals surface area contributed by atoms with Crippen LogP contribution in [0.5, 0.6) is 0 Å². The minimum atomic E-state index is -1.31. The highest BCUT2D eigenvalue weighted by Crippen LogP contribution is 2.24. The van der Waals surface area contributed by atoms with E-state index >= 15 is 0 Å². The van der Waals surface area contributed by atoms with Crippen molar-refractivity contribution in [1.29, 1.82) is 0 Å². The summed E-state index contributed by atoms with van der Waals surface area (Å²) in [6.07, 6.45) is -0.130. The van der Waals surface area contributed by atoms with E-state index in [-0.39, 0.29) is 10.3 Å². The van der Waals surface area contributed by atoms with Crippen molar-refractivity contribution >= 4 is 35.6 Å². The fourth-order valence-electron chi connectivity index (χ4n) is 1.45. The average molecular weight is 319 g/mol. The fourth-order valence-corrected chi connectivity index (χ4v) is 1.91. The molecule has 7 heteroatoms. The summed E-state index contributed by atoms with van der Waals surface area (Å²) < 4.78 is 5.13. The molecule has 0 bridgehead atoms. The van der Waals surface area contributed by atoms with E-state index in [0.717, 1.165) is 0 Å². The lowest BCUT2D eigenvalue weighted by Gasteiger charge is -2.28. The molecule has 1 unspecified atom stereocenters. The number of nitrogens with zero attached hydrogens (tertiary/aromatic N) is 1. The first-order chi connectivity index (χ1) is 9.05. The Hall–Kier alpha value is -1.33. The number of amides is 1. The molecule has 110 valence electrons. The predicted molar refractivity (Wildman–Crippen MR) is 77.0 cm³/mol. The first-order valence-corrected chi connectivity index (χ1v) is 6.62. The SMILES string of the molecule is CC(C)(C)OC(=O)NC(C)(C=O)c1cc(Cl)nc(Cl)c1. The van der Waals surface area contributed by atoms with E-state index < -0.39 is 17.2 Å². The topological polar surface area (TPSA) is 68.3 Å². The number of carbonyl (C=O) groups excluding carboxylic acids is 2. The molecule has 1 aromatic rings. The normalized spacial score (nSPS) is 14.3. The van der Waals surface area contributed by atoms with Crippen molar-refractivity contribution in [2.75, 3.05) is 0 Å². The minimum Gasteiger partial charge on any atom is -0.444 e. The Morgan fingerprint density at radius 2 is 1.75 bits per heavy atom. The molecule has 0 saturated heterocycles. The molecule has 0 fully saturated rings. The van der Waals surface area contributed by atoms with Crippen molar-refractivity contribution < 1.29 is 14.3 Å². The Balaban J connectivity index is 3.02. The summed E-state index contributed by atoms with van der Waals surface area (Å²) in [6.45, 7) is 6.70. The Morgan fingerprint density at radius 1 is 1.25 bits per heavy atom. The van der Waals surface area contributed by atoms with Crippen LogP contribution in [0.2, 0.25) is 10.3 Å². The number of aromatic nitrogens is 1. The van der Waals surface area contributed by atoms with Gasteiger partial charge in [-0.3, -0.25) is 0 Å². The summed E-state index contributed by atoms with van der Waals surface area (Å²) in [5.41, 5.74) is -1.55. The molecule has 1 N–H and O–H groups in total. The summed E-state index contributed by atoms with van der Waals surface area (Å²) in [5.74, 6) is 0. The van der Waals surface area contributed by atoms with Crippen molar-refractivity contribution in [1.82, 2.24) is 10.3 Å². The second-order valence-corrected chi connectivity index (χ2v) is 6.22. The molecular formula is C13H16Cl2N2O3. The molecule has 1 atom stereocenters. The monoisotopic (exact) mass is 318 g/mol. The van der Waals surface area contributed by atoms with E-state index in [9.17, 15) is 9.59 Å². The highest BCUT2D eigenvalue weighted by atomic mass is 35.5. The number of alkyl carbamates (subject to hydrolysis) is 1. The van der Waals surface area contributed by atoms with Crippen LogP contribution in [0.4, 0.5) is 4.79 Å². The highest BCUT2D eigenvalue weighted by molar-refractivity contribution is 6.32. The summed E-state index contributed by atoms with van der Waals surface area (Å²) in [4.78, 5) is 27.0. The number of carbonyl (C=O) groups is 2. The maximum absolute atomic E-state index is 11.8. The van der Waals surface area contributed by atoms with Crippen LogP contribution in [0, 0.1) is 0 Å². The standard InChI is InChI=1S/C13H16Cl2N2O3/c1-12(2,3)20-11(19)17-13(4,7-18)8-5-9(14)16-10(15)6-8/h5-7H,1-4H3,(H,17,19). The molecule has 5 nitrogen and oxygen atoms in total. The molecule has 1 rings (SSSR count). The number of hydrogen-bond acceptors (Lipinski definition) is 4. The summed E-state index contributed by atoms with van der Waals surface area (Å²) in [7, 11) is 0. The van der Waals surface area contributed by atoms with Gasteiger partial charge in [0.15, 0.2) is 0 Å². The third-order valence-corrected chi connectivity index (χ3v) is 2.75. The van der Waals surface area contributed by atoms with Gasteiger partial charge in [-0.2, -0.15) is 0 Å². The van der Waals surface area contributed by atoms with Crippen LogP contribution in [-0.4, -0.2) is 23.0 Å². The summed E-state index contributed by atoms with van der Waals surface area (Å²) in [5, 5.41) is 2.76. The van der Waals surface area contributed by atoms with Gasteiger partial charge in [0, 0.05) is 0 Å². The minimum absolute atomic E-state index is 0.131. The molecule has 1 aromatic heterocycles. The zero-order chi connectivity index (χ0) is 15.6. The van der Waals surface area contributed by atoms with Gasteiger partial charge in [0.05, 0.1) is 0 Å². The van der Waals surface area contributed by atoms with Crippen LogP contribution in [0.25, 0.3) is 0 Å². The van der Waals surface area contributed by atoms with Crippen molar-refractivity contribution in [3.05, 3.63) is 28.0 Å². The van der Waals surface area contributed by atoms with Crippen LogP contribution >= 0.6 is 23.2 Å². The van der Waals surface area contributed by atoms with Crippen LogP contribution in [-0.2, 0) is 15.1 Å². The lowest BCUT2D eigenvalue weighted by molar-refractivity contribution is -0.113. The smallest absolute Gasteiger partial charge is 0.408 e. The Bertz CT molecular complexity index is 509. The number of hydrogen-bond donors (Lipinski definition) is 1. The Kier molecular flexibility index (Phi) is 5.00. The third kappa shape index (κ3) is 4.65. The molecule has 20 heavy (non-hydrogen) atoms. The van der Waals surface area contributed by atoms with E-state index in [1.54, 1.807) is 20.8 Å². The third-order valence-electron chi connectivity index (χ3n) is 2.36. The van der Waals surface area contributed by atoms with E-state index in [1.807, 2.05) is 0 Å². The van der Waals surface area contributed by atoms with Crippen LogP contribution in [0.1, 0.15) is 33.3 Å². The maximum atomic E-state index is 11.8. The highest BCUT2D eigenvalue weighted by Gasteiger charge is 2.31. The number of rotatable bonds is 3. The van der Waals surface area contributed by atoms with Gasteiger partial charge < -0.3 is 14.8 Å². The van der Waals surface area contributed by atoms with E-state index in [4.69, 9.17) is 27.9 Å². The van der Waals surface area contributed by atoms with E-state index in [1.165, 1.54) is 19.1 Å². The van der Waals surface area contributed by atoms with E-state index in [0.29, 0.717) is 11.8 Å². The van der Waals surface area contributed by atoms with Crippen molar-refractivity contribution in [2.45, 2.75) is 38.8 Å². The molecule has 0 aliphatic heterocycles. The second-order valence-electron chi connectivity index (χ2n) is 5.45. The van der Waals surface area contributed by atoms with Gasteiger partial charge in [-0.1, -0.05) is 23.2 Å². The zero-order valence-electron chi connectivity index (χ0n) is 11.7. The maximum Gasteiger partial charge on any atom is 0.408 e. The molecule has 0 aromatic carbocycles. The van der Waals surface area contributed by atoms with Crippen LogP contribution in [0.3, 0.4) is 0 Å². The number of pyridine rings is 1. The largest absolute Gasteiger partial charge is 0.444 e. The molecule has 0 spiro atoms. The molecule has 1 heterocycles. The van der Waals surface area contributed by atoms with Crippen molar-refractivity contribution in [3.63, 3.8) is 0 Å². The number of nitrogens with one attached hydrogen (secondary N) is 1. The van der Waals surface area contributed by atoms with Crippen LogP contribution < -0.4 is 5.32 Å². The Morgan fingerprint density at radius 3 is 2.15 bits per heavy atom. The molecule has 0 aliphatic rings. The van der Waals surface area contributed by atoms with Gasteiger partial charge in [-0.05, 0) is 45.4 Å². The van der Waals surface area contributed by atoms with Gasteiger partial charge in [0.2, 0.25) is 0 Å². The molecule has 0 aliphatic carbocycles. The van der Waals surface area contributed by atoms with Gasteiger partial charge in [0.25, 0.3) is 0 Å². The second kappa shape index (κ2) is 5.97. The van der Waals surface area contributed by atoms with Gasteiger partial charge in [-0.15, -0.1) is 0 Å². The fraction of sp³-hybridized carbons (Fsp3) is 0.462. The van der Waals surface area contributed by atoms with Crippen molar-refractivity contribution in [2.24, 2.45) is 0 Å². The van der Waals surface area contributed by atoms with Gasteiger partial charge in [-0.25, -0.2) is 9.78 Å². The van der Waals surface area contributed by atoms with E-state index in [2.05, 4.69) is 10.3 Å². The molecule has 0 saturated carbocycles. The van der Waals surface area contributed by atoms with Crippen LogP contribution in [0.15, 0.2) is 12.1 Å². The van der Waals surface area contributed by atoms with Gasteiger partial charge in [0.1, 0.15) is 27.7 Å². The lowest BCUT2D eigenvalue weighted by atomic mass is 9.95. The molecule has 1 amide bonds. The number of halogens is 2. The number of ether oxygens (including phenoxy) is 1. The average Bonchev–Trinajstić information content (AvgIpc) is 2.24. The summed E-state index contributed by atoms with van der Waals surface area (Å²) in [6, 6.07) is 2.92. The first-order valence-electron chi connectivity index (χ1n) is 5.87. The molecule has 0 radical (unpaired) electrons. The quantitative estimate of drug-likeness (QED) is 0.685. The van der Waals surface area contributed by atoms with Gasteiger partial charge >= 0.3 is 6.09 Å².